The van der Waals surface area contributed by atoms with Crippen molar-refractivity contribution in [1.29, 1.82) is 0 Å². The molecule has 2 aromatic rings. The second-order valence-electron chi connectivity index (χ2n) is 5.70. The summed E-state index contributed by atoms with van der Waals surface area (Å²) in [7, 11) is 0. The van der Waals surface area contributed by atoms with E-state index < -0.39 is 24.4 Å². The normalized spacial score (nSPS) is 10.1. The Balaban J connectivity index is 1.66. The van der Waals surface area contributed by atoms with Gasteiger partial charge in [0.2, 0.25) is 0 Å². The Kier molecular flexibility index (Phi) is 8.30. The first kappa shape index (κ1) is 21.2. The molecule has 0 aliphatic carbocycles. The second-order valence-corrected chi connectivity index (χ2v) is 6.14. The predicted molar refractivity (Wildman–Crippen MR) is 104 cm³/mol. The van der Waals surface area contributed by atoms with Gasteiger partial charge in [-0.2, -0.15) is 0 Å². The Hall–Kier alpha value is -3.06. The zero-order valence-corrected chi connectivity index (χ0v) is 16.1. The first-order valence-corrected chi connectivity index (χ1v) is 9.03. The van der Waals surface area contributed by atoms with Crippen molar-refractivity contribution in [2.24, 2.45) is 0 Å². The van der Waals surface area contributed by atoms with Crippen molar-refractivity contribution in [3.8, 4) is 5.75 Å². The molecule has 8 heteroatoms. The third-order valence-corrected chi connectivity index (χ3v) is 3.84. The van der Waals surface area contributed by atoms with Crippen LogP contribution in [-0.2, 0) is 20.9 Å². The van der Waals surface area contributed by atoms with Gasteiger partial charge >= 0.3 is 5.97 Å². The van der Waals surface area contributed by atoms with Gasteiger partial charge in [-0.1, -0.05) is 23.7 Å². The number of rotatable bonds is 9. The molecule has 0 fully saturated rings. The summed E-state index contributed by atoms with van der Waals surface area (Å²) in [6.45, 7) is 1.93. The summed E-state index contributed by atoms with van der Waals surface area (Å²) in [6, 6.07) is 13.5. The SMILES string of the molecule is CCOc1ccc(C(=O)NCC(=O)OCC(=O)NCc2ccc(Cl)cc2)cc1. The van der Waals surface area contributed by atoms with E-state index in [0.717, 1.165) is 5.56 Å². The van der Waals surface area contributed by atoms with Crippen LogP contribution in [0.3, 0.4) is 0 Å². The van der Waals surface area contributed by atoms with Crippen LogP contribution in [0.25, 0.3) is 0 Å². The molecule has 0 saturated carbocycles. The quantitative estimate of drug-likeness (QED) is 0.625. The average Bonchev–Trinajstić information content (AvgIpc) is 2.71. The van der Waals surface area contributed by atoms with E-state index in [0.29, 0.717) is 29.5 Å². The van der Waals surface area contributed by atoms with Gasteiger partial charge in [0.05, 0.1) is 6.61 Å². The van der Waals surface area contributed by atoms with E-state index in [1.165, 1.54) is 0 Å². The van der Waals surface area contributed by atoms with Crippen LogP contribution in [0, 0.1) is 0 Å². The molecule has 0 bridgehead atoms. The standard InChI is InChI=1S/C20H21ClN2O5/c1-2-27-17-9-5-15(6-10-17)20(26)23-12-19(25)28-13-18(24)22-11-14-3-7-16(21)8-4-14/h3-10H,2,11-13H2,1H3,(H,22,24)(H,23,26). The number of hydrogen-bond acceptors (Lipinski definition) is 5. The van der Waals surface area contributed by atoms with Gasteiger partial charge in [-0.3, -0.25) is 14.4 Å². The first-order chi connectivity index (χ1) is 13.5. The summed E-state index contributed by atoms with van der Waals surface area (Å²) in [5.74, 6) is -0.919. The van der Waals surface area contributed by atoms with E-state index in [4.69, 9.17) is 21.1 Å². The minimum Gasteiger partial charge on any atom is -0.494 e. The summed E-state index contributed by atoms with van der Waals surface area (Å²) < 4.78 is 10.1. The monoisotopic (exact) mass is 404 g/mol. The molecule has 2 rings (SSSR count). The van der Waals surface area contributed by atoms with Crippen LogP contribution >= 0.6 is 11.6 Å². The Morgan fingerprint density at radius 3 is 2.29 bits per heavy atom. The molecule has 7 nitrogen and oxygen atoms in total. The molecule has 0 aliphatic rings. The molecule has 2 amide bonds. The molecule has 2 N–H and O–H groups in total. The van der Waals surface area contributed by atoms with Crippen LogP contribution in [0.4, 0.5) is 0 Å². The van der Waals surface area contributed by atoms with Gasteiger partial charge < -0.3 is 20.1 Å². The molecule has 0 unspecified atom stereocenters. The highest BCUT2D eigenvalue weighted by atomic mass is 35.5. The van der Waals surface area contributed by atoms with Crippen molar-refractivity contribution in [3.05, 3.63) is 64.7 Å². The van der Waals surface area contributed by atoms with Gasteiger partial charge in [0.25, 0.3) is 11.8 Å². The van der Waals surface area contributed by atoms with Crippen molar-refractivity contribution >= 4 is 29.4 Å². The second kappa shape index (κ2) is 10.9. The Labute approximate surface area is 168 Å². The van der Waals surface area contributed by atoms with Crippen molar-refractivity contribution in [1.82, 2.24) is 10.6 Å². The van der Waals surface area contributed by atoms with Crippen LogP contribution in [0.5, 0.6) is 5.75 Å². The number of hydrogen-bond donors (Lipinski definition) is 2. The van der Waals surface area contributed by atoms with Crippen LogP contribution in [-0.4, -0.2) is 37.5 Å². The third kappa shape index (κ3) is 7.28. The van der Waals surface area contributed by atoms with Gasteiger partial charge in [0.1, 0.15) is 12.3 Å². The minimum absolute atomic E-state index is 0.294. The largest absolute Gasteiger partial charge is 0.494 e. The number of esters is 1. The zero-order chi connectivity index (χ0) is 20.4. The van der Waals surface area contributed by atoms with E-state index in [1.807, 2.05) is 6.92 Å². The van der Waals surface area contributed by atoms with Gasteiger partial charge in [-0.15, -0.1) is 0 Å². The third-order valence-electron chi connectivity index (χ3n) is 3.59. The van der Waals surface area contributed by atoms with Gasteiger partial charge in [0.15, 0.2) is 6.61 Å². The zero-order valence-electron chi connectivity index (χ0n) is 15.4. The molecule has 0 atom stereocenters. The van der Waals surface area contributed by atoms with Crippen molar-refractivity contribution in [3.63, 3.8) is 0 Å². The van der Waals surface area contributed by atoms with Crippen molar-refractivity contribution < 1.29 is 23.9 Å². The average molecular weight is 405 g/mol. The maximum absolute atomic E-state index is 12.0. The lowest BCUT2D eigenvalue weighted by Gasteiger charge is -2.08. The number of ether oxygens (including phenoxy) is 2. The predicted octanol–water partition coefficient (Wildman–Crippen LogP) is 2.33. The van der Waals surface area contributed by atoms with E-state index in [9.17, 15) is 14.4 Å². The van der Waals surface area contributed by atoms with E-state index >= 15 is 0 Å². The highest BCUT2D eigenvalue weighted by molar-refractivity contribution is 6.30. The number of nitrogens with one attached hydrogen (secondary N) is 2. The molecular weight excluding hydrogens is 384 g/mol. The Bertz CT molecular complexity index is 806. The number of carbonyl (C=O) groups excluding carboxylic acids is 3. The molecule has 148 valence electrons. The number of benzene rings is 2. The van der Waals surface area contributed by atoms with Crippen molar-refractivity contribution in [2.45, 2.75) is 13.5 Å². The van der Waals surface area contributed by atoms with Crippen LogP contribution in [0.2, 0.25) is 5.02 Å². The number of amides is 2. The summed E-state index contributed by atoms with van der Waals surface area (Å²) in [4.78, 5) is 35.4. The maximum atomic E-state index is 12.0. The lowest BCUT2D eigenvalue weighted by molar-refractivity contribution is -0.147. The summed E-state index contributed by atoms with van der Waals surface area (Å²) >= 11 is 5.79. The molecule has 0 heterocycles. The molecule has 2 aromatic carbocycles. The molecule has 0 radical (unpaired) electrons. The maximum Gasteiger partial charge on any atom is 0.325 e. The molecular formula is C20H21ClN2O5. The number of halogens is 1. The molecule has 0 spiro atoms. The van der Waals surface area contributed by atoms with Gasteiger partial charge in [-0.25, -0.2) is 0 Å². The minimum atomic E-state index is -0.707. The topological polar surface area (TPSA) is 93.7 Å². The summed E-state index contributed by atoms with van der Waals surface area (Å²) in [5.41, 5.74) is 1.25. The van der Waals surface area contributed by atoms with E-state index in [1.54, 1.807) is 48.5 Å². The number of carbonyl (C=O) groups is 3. The smallest absolute Gasteiger partial charge is 0.325 e. The first-order valence-electron chi connectivity index (χ1n) is 8.65. The molecule has 0 saturated heterocycles. The lowest BCUT2D eigenvalue weighted by atomic mass is 10.2. The Morgan fingerprint density at radius 2 is 1.64 bits per heavy atom. The van der Waals surface area contributed by atoms with E-state index in [-0.39, 0.29) is 6.54 Å². The highest BCUT2D eigenvalue weighted by Gasteiger charge is 2.11. The van der Waals surface area contributed by atoms with Crippen LogP contribution in [0.1, 0.15) is 22.8 Å². The van der Waals surface area contributed by atoms with E-state index in [2.05, 4.69) is 10.6 Å². The summed E-state index contributed by atoms with van der Waals surface area (Å²) in [5, 5.41) is 5.67. The molecule has 0 aromatic heterocycles. The fourth-order valence-corrected chi connectivity index (χ4v) is 2.30. The fraction of sp³-hybridized carbons (Fsp3) is 0.250. The molecule has 0 aliphatic heterocycles. The van der Waals surface area contributed by atoms with Crippen molar-refractivity contribution in [2.75, 3.05) is 19.8 Å². The van der Waals surface area contributed by atoms with Gasteiger partial charge in [-0.05, 0) is 48.9 Å². The van der Waals surface area contributed by atoms with Gasteiger partial charge in [0, 0.05) is 17.1 Å². The van der Waals surface area contributed by atoms with Crippen LogP contribution in [0.15, 0.2) is 48.5 Å². The Morgan fingerprint density at radius 1 is 0.964 bits per heavy atom. The van der Waals surface area contributed by atoms with Crippen LogP contribution < -0.4 is 15.4 Å². The lowest BCUT2D eigenvalue weighted by Crippen LogP contribution is -2.33. The fourth-order valence-electron chi connectivity index (χ4n) is 2.17. The molecule has 28 heavy (non-hydrogen) atoms. The highest BCUT2D eigenvalue weighted by Crippen LogP contribution is 2.12. The summed E-state index contributed by atoms with van der Waals surface area (Å²) in [6.07, 6.45) is 0.